The van der Waals surface area contributed by atoms with Gasteiger partial charge in [0.25, 0.3) is 0 Å². The molecule has 59 heavy (non-hydrogen) atoms. The molecule has 7 aliphatic rings. The summed E-state index contributed by atoms with van der Waals surface area (Å²) in [6, 6.07) is 23.2. The van der Waals surface area contributed by atoms with E-state index in [2.05, 4.69) is 87.6 Å². The van der Waals surface area contributed by atoms with Crippen molar-refractivity contribution in [2.24, 2.45) is 47.3 Å². The van der Waals surface area contributed by atoms with Gasteiger partial charge in [0.1, 0.15) is 0 Å². The molecule has 0 radical (unpaired) electrons. The predicted molar refractivity (Wildman–Crippen MR) is 264 cm³/mol. The minimum atomic E-state index is -1.44. The summed E-state index contributed by atoms with van der Waals surface area (Å²) in [5.41, 5.74) is 5.34. The van der Waals surface area contributed by atoms with Gasteiger partial charge in [-0.2, -0.15) is 0 Å². The number of benzene rings is 2. The fourth-order valence-corrected chi connectivity index (χ4v) is 21.4. The van der Waals surface area contributed by atoms with Crippen LogP contribution in [0.2, 0.25) is 24.2 Å². The van der Waals surface area contributed by atoms with E-state index in [0.717, 1.165) is 58.4 Å². The molecule has 0 saturated heterocycles. The Hall–Kier alpha value is 1.58. The van der Waals surface area contributed by atoms with E-state index < -0.39 is 49.8 Å². The molecule has 0 aromatic heterocycles. The Balaban J connectivity index is 0.000000599. The van der Waals surface area contributed by atoms with E-state index in [0.29, 0.717) is 0 Å². The third kappa shape index (κ3) is 15.9. The van der Waals surface area contributed by atoms with Crippen molar-refractivity contribution in [1.82, 2.24) is 0 Å². The van der Waals surface area contributed by atoms with Gasteiger partial charge >= 0.3 is 75.7 Å². The summed E-state index contributed by atoms with van der Waals surface area (Å²) in [5.74, 6) is 9.68. The van der Waals surface area contributed by atoms with Gasteiger partial charge in [-0.3, -0.25) is 0 Å². The van der Waals surface area contributed by atoms with Crippen LogP contribution in [-0.2, 0) is 41.7 Å². The fourth-order valence-electron chi connectivity index (χ4n) is 14.8. The molecule has 0 aliphatic heterocycles. The third-order valence-electron chi connectivity index (χ3n) is 16.3. The van der Waals surface area contributed by atoms with Gasteiger partial charge in [-0.1, -0.05) is 190 Å². The standard InChI is InChI=1S/C34H48Si.C9H16.C5H10.4CH3.4ClH.2Zr/c1-23-21-31-27(25-13-7-5-8-14-25)17-11-19-29(31)33(23)35(3,4)34-24(2)22-32-28(18-12-20-30(32)34)26-15-9-6-10-16-26;1-2-5-9-7-3-6-8(9)4-1;1-2-4-5-3-1;;;;;;;;;;/h5-10,13-16,23-24,27-34H,11-12,17-22H2,1-4H3;8-9H,1-7H2;1-5H2;4*1H3;4*1H;;/q;;;4*-1;;;;;2*+4/p-4. The first-order valence-electron chi connectivity index (χ1n) is 22.8. The zero-order valence-electron chi connectivity index (χ0n) is 38.9. The van der Waals surface area contributed by atoms with Gasteiger partial charge in [0, 0.05) is 0 Å². The van der Waals surface area contributed by atoms with E-state index in [1.807, 2.05) is 0 Å². The monoisotopic (exact) mass is 1060 g/mol. The van der Waals surface area contributed by atoms with Crippen molar-refractivity contribution >= 4 is 42.1 Å². The minimum absolute atomic E-state index is 0. The van der Waals surface area contributed by atoms with Crippen LogP contribution >= 0.6 is 34.1 Å². The van der Waals surface area contributed by atoms with E-state index in [1.165, 1.54) is 115 Å². The first-order valence-corrected chi connectivity index (χ1v) is 38.6. The first kappa shape index (κ1) is 58.6. The van der Waals surface area contributed by atoms with E-state index in [9.17, 15) is 0 Å². The van der Waals surface area contributed by atoms with Gasteiger partial charge in [0.15, 0.2) is 0 Å². The molecule has 2 aromatic rings. The number of fused-ring (bicyclic) bond motifs is 3. The van der Waals surface area contributed by atoms with Gasteiger partial charge in [-0.15, -0.1) is 0 Å². The SMILES string of the molecule is C1CCC2CCCC2C1.C1CCCC1.CC1CC2C(c3ccccc3)CCCC2C1[Si](C)(C)C1C(C)CC2C(c3ccccc3)CCCC21.[CH3-].[CH3-].[CH3-].[CH3-].[Cl][Zr+2][Cl].[Cl][Zr+2][Cl]. The van der Waals surface area contributed by atoms with Crippen molar-refractivity contribution in [1.29, 1.82) is 0 Å². The van der Waals surface area contributed by atoms with Crippen LogP contribution in [0.15, 0.2) is 60.7 Å². The number of rotatable bonds is 4. The van der Waals surface area contributed by atoms with Crippen LogP contribution in [0.5, 0.6) is 0 Å². The molecule has 0 spiro atoms. The number of hydrogen-bond acceptors (Lipinski definition) is 0. The average Bonchev–Trinajstić information content (AvgIpc) is 4.03. The van der Waals surface area contributed by atoms with Crippen molar-refractivity contribution < 1.29 is 41.7 Å². The molecule has 334 valence electrons. The molecule has 7 heteroatoms. The molecule has 0 N–H and O–H groups in total. The van der Waals surface area contributed by atoms with Crippen LogP contribution in [0.1, 0.15) is 165 Å². The van der Waals surface area contributed by atoms with Gasteiger partial charge in [0.2, 0.25) is 0 Å². The van der Waals surface area contributed by atoms with Crippen molar-refractivity contribution in [3.8, 4) is 0 Å². The topological polar surface area (TPSA) is 0 Å². The van der Waals surface area contributed by atoms with Gasteiger partial charge < -0.3 is 29.7 Å². The maximum absolute atomic E-state index is 4.93. The second kappa shape index (κ2) is 30.7. The molecule has 7 fully saturated rings. The number of hydrogen-bond donors (Lipinski definition) is 0. The second-order valence-corrected chi connectivity index (χ2v) is 31.9. The summed E-state index contributed by atoms with van der Waals surface area (Å²) < 4.78 is 0. The molecular formula is C52H86Cl4SiZr2. The summed E-state index contributed by atoms with van der Waals surface area (Å²) in [5, 5.41) is 0. The summed E-state index contributed by atoms with van der Waals surface area (Å²) >= 11 is -1.65. The Morgan fingerprint density at radius 2 is 0.729 bits per heavy atom. The van der Waals surface area contributed by atoms with Crippen LogP contribution in [-0.4, -0.2) is 8.07 Å². The Bertz CT molecular complexity index is 1230. The molecule has 0 bridgehead atoms. The predicted octanol–water partition coefficient (Wildman–Crippen LogP) is 19.4. The summed E-state index contributed by atoms with van der Waals surface area (Å²) in [6.45, 7) is 11.1. The Kier molecular flexibility index (Phi) is 30.5. The molecule has 0 nitrogen and oxygen atoms in total. The van der Waals surface area contributed by atoms with Crippen LogP contribution in [0, 0.1) is 77.0 Å². The quantitative estimate of drug-likeness (QED) is 0.211. The normalized spacial score (nSPS) is 33.4. The number of halogens is 4. The zero-order valence-corrected chi connectivity index (χ0v) is 47.8. The summed E-state index contributed by atoms with van der Waals surface area (Å²) in [6.07, 6.45) is 30.1. The van der Waals surface area contributed by atoms with E-state index in [-0.39, 0.29) is 29.7 Å². The molecule has 12 atom stereocenters. The summed E-state index contributed by atoms with van der Waals surface area (Å²) in [7, 11) is 18.3. The van der Waals surface area contributed by atoms with Gasteiger partial charge in [-0.25, -0.2) is 0 Å². The Morgan fingerprint density at radius 1 is 0.424 bits per heavy atom. The van der Waals surface area contributed by atoms with Crippen molar-refractivity contribution in [2.75, 3.05) is 0 Å². The van der Waals surface area contributed by atoms with Gasteiger partial charge in [-0.05, 0) is 107 Å². The van der Waals surface area contributed by atoms with Crippen LogP contribution < -0.4 is 0 Å². The van der Waals surface area contributed by atoms with E-state index >= 15 is 0 Å². The van der Waals surface area contributed by atoms with Crippen molar-refractivity contribution in [3.63, 3.8) is 0 Å². The molecule has 0 heterocycles. The second-order valence-electron chi connectivity index (χ2n) is 19.5. The average molecular weight is 1060 g/mol. The summed E-state index contributed by atoms with van der Waals surface area (Å²) in [4.78, 5) is 0. The molecule has 0 amide bonds. The van der Waals surface area contributed by atoms with E-state index in [4.69, 9.17) is 34.1 Å². The Morgan fingerprint density at radius 3 is 1.07 bits per heavy atom. The van der Waals surface area contributed by atoms with E-state index in [1.54, 1.807) is 36.8 Å². The van der Waals surface area contributed by atoms with Crippen LogP contribution in [0.4, 0.5) is 0 Å². The molecule has 2 aromatic carbocycles. The van der Waals surface area contributed by atoms with Crippen LogP contribution in [0.25, 0.3) is 0 Å². The Labute approximate surface area is 406 Å². The molecule has 12 unspecified atom stereocenters. The third-order valence-corrected chi connectivity index (χ3v) is 21.7. The maximum atomic E-state index is 4.93. The molecule has 7 aliphatic carbocycles. The van der Waals surface area contributed by atoms with Gasteiger partial charge in [0.05, 0.1) is 8.07 Å². The fraction of sp³-hybridized carbons (Fsp3) is 0.692. The van der Waals surface area contributed by atoms with Crippen LogP contribution in [0.3, 0.4) is 0 Å². The first-order chi connectivity index (χ1) is 26.8. The van der Waals surface area contributed by atoms with Crippen molar-refractivity contribution in [3.05, 3.63) is 101 Å². The molecule has 7 saturated carbocycles. The molecule has 9 rings (SSSR count). The zero-order chi connectivity index (χ0) is 39.2. The molecular weight excluding hydrogens is 977 g/mol. The van der Waals surface area contributed by atoms with Crippen molar-refractivity contribution in [2.45, 2.75) is 178 Å².